The molecule has 13 heavy (non-hydrogen) atoms. The van der Waals surface area contributed by atoms with Crippen molar-refractivity contribution in [1.29, 1.82) is 0 Å². The molecule has 0 aliphatic rings. The van der Waals surface area contributed by atoms with E-state index in [9.17, 15) is 4.39 Å². The minimum Gasteiger partial charge on any atom is -0.241 e. The van der Waals surface area contributed by atoms with Crippen molar-refractivity contribution >= 4 is 33.2 Å². The highest BCUT2D eigenvalue weighted by molar-refractivity contribution is 7.18. The molecule has 1 aromatic heterocycles. The van der Waals surface area contributed by atoms with Gasteiger partial charge >= 0.3 is 0 Å². The van der Waals surface area contributed by atoms with Gasteiger partial charge in [-0.3, -0.25) is 0 Å². The minimum absolute atomic E-state index is 0.139. The number of rotatable bonds is 1. The third-order valence-electron chi connectivity index (χ3n) is 1.78. The number of fused-ring (bicyclic) bond motifs is 1. The standard InChI is InChI=1S/C9H7ClFNS/c1-2-9-12-7-3-5(10)6(11)4-8(7)13-9/h3-4H,2H2,1H3. The quantitative estimate of drug-likeness (QED) is 0.708. The highest BCUT2D eigenvalue weighted by Gasteiger charge is 2.06. The molecule has 68 valence electrons. The van der Waals surface area contributed by atoms with Gasteiger partial charge in [0.1, 0.15) is 5.82 Å². The van der Waals surface area contributed by atoms with Crippen LogP contribution < -0.4 is 0 Å². The first kappa shape index (κ1) is 8.91. The highest BCUT2D eigenvalue weighted by Crippen LogP contribution is 2.27. The molecule has 2 rings (SSSR count). The Balaban J connectivity index is 2.70. The summed E-state index contributed by atoms with van der Waals surface area (Å²) in [4.78, 5) is 4.30. The third-order valence-corrected chi connectivity index (χ3v) is 3.23. The molecule has 0 atom stereocenters. The van der Waals surface area contributed by atoms with Gasteiger partial charge in [-0.25, -0.2) is 9.37 Å². The Morgan fingerprint density at radius 3 is 3.00 bits per heavy atom. The molecule has 1 nitrogen and oxygen atoms in total. The molecule has 4 heteroatoms. The predicted octanol–water partition coefficient (Wildman–Crippen LogP) is 3.65. The van der Waals surface area contributed by atoms with Gasteiger partial charge in [0.15, 0.2) is 0 Å². The summed E-state index contributed by atoms with van der Waals surface area (Å²) >= 11 is 7.14. The number of nitrogens with zero attached hydrogens (tertiary/aromatic N) is 1. The molecule has 0 N–H and O–H groups in total. The number of hydrogen-bond donors (Lipinski definition) is 0. The summed E-state index contributed by atoms with van der Waals surface area (Å²) in [5.74, 6) is -0.375. The Kier molecular flexibility index (Phi) is 2.22. The van der Waals surface area contributed by atoms with Gasteiger partial charge in [0, 0.05) is 0 Å². The molecule has 0 bridgehead atoms. The first-order valence-corrected chi connectivity index (χ1v) is 5.14. The Labute approximate surface area is 84.2 Å². The molecule has 0 saturated heterocycles. The number of thiazole rings is 1. The monoisotopic (exact) mass is 215 g/mol. The largest absolute Gasteiger partial charge is 0.241 e. The predicted molar refractivity (Wildman–Crippen MR) is 54.0 cm³/mol. The zero-order chi connectivity index (χ0) is 9.42. The van der Waals surface area contributed by atoms with Crippen molar-refractivity contribution in [3.05, 3.63) is 28.0 Å². The molecule has 0 radical (unpaired) electrons. The van der Waals surface area contributed by atoms with Gasteiger partial charge in [-0.1, -0.05) is 18.5 Å². The first-order valence-electron chi connectivity index (χ1n) is 3.95. The van der Waals surface area contributed by atoms with Crippen molar-refractivity contribution in [2.45, 2.75) is 13.3 Å². The number of halogens is 2. The van der Waals surface area contributed by atoms with E-state index in [1.807, 2.05) is 6.92 Å². The van der Waals surface area contributed by atoms with Crippen molar-refractivity contribution in [2.75, 3.05) is 0 Å². The van der Waals surface area contributed by atoms with Crippen LogP contribution in [0.25, 0.3) is 10.2 Å². The lowest BCUT2D eigenvalue weighted by atomic mass is 10.3. The molecule has 1 heterocycles. The van der Waals surface area contributed by atoms with E-state index in [1.54, 1.807) is 6.07 Å². The van der Waals surface area contributed by atoms with Crippen LogP contribution >= 0.6 is 22.9 Å². The average Bonchev–Trinajstić information content (AvgIpc) is 2.48. The van der Waals surface area contributed by atoms with E-state index in [0.717, 1.165) is 21.6 Å². The van der Waals surface area contributed by atoms with Crippen molar-refractivity contribution in [3.8, 4) is 0 Å². The summed E-state index contributed by atoms with van der Waals surface area (Å²) in [5, 5.41) is 1.15. The fraction of sp³-hybridized carbons (Fsp3) is 0.222. The SMILES string of the molecule is CCc1nc2cc(Cl)c(F)cc2s1. The lowest BCUT2D eigenvalue weighted by molar-refractivity contribution is 0.630. The summed E-state index contributed by atoms with van der Waals surface area (Å²) in [5.41, 5.74) is 0.785. The Morgan fingerprint density at radius 2 is 2.31 bits per heavy atom. The summed E-state index contributed by atoms with van der Waals surface area (Å²) < 4.78 is 13.9. The molecule has 0 unspecified atom stereocenters. The molecule has 0 saturated carbocycles. The van der Waals surface area contributed by atoms with Crippen LogP contribution in [0.5, 0.6) is 0 Å². The van der Waals surface area contributed by atoms with Crippen LogP contribution in [0.4, 0.5) is 4.39 Å². The van der Waals surface area contributed by atoms with Crippen LogP contribution in [-0.2, 0) is 6.42 Å². The van der Waals surface area contributed by atoms with Crippen molar-refractivity contribution < 1.29 is 4.39 Å². The topological polar surface area (TPSA) is 12.9 Å². The lowest BCUT2D eigenvalue weighted by Gasteiger charge is -1.91. The van der Waals surface area contributed by atoms with Crippen LogP contribution in [0.3, 0.4) is 0 Å². The Morgan fingerprint density at radius 1 is 1.54 bits per heavy atom. The van der Waals surface area contributed by atoms with Gasteiger partial charge in [0.25, 0.3) is 0 Å². The summed E-state index contributed by atoms with van der Waals surface area (Å²) in [6.07, 6.45) is 0.874. The number of benzene rings is 1. The maximum Gasteiger partial charge on any atom is 0.143 e. The van der Waals surface area contributed by atoms with Gasteiger partial charge in [0.05, 0.1) is 20.2 Å². The molecule has 0 amide bonds. The summed E-state index contributed by atoms with van der Waals surface area (Å²) in [6, 6.07) is 3.01. The van der Waals surface area contributed by atoms with Crippen LogP contribution in [0, 0.1) is 5.82 Å². The molecule has 2 aromatic rings. The van der Waals surface area contributed by atoms with E-state index >= 15 is 0 Å². The minimum atomic E-state index is -0.375. The fourth-order valence-corrected chi connectivity index (χ4v) is 2.19. The second-order valence-corrected chi connectivity index (χ2v) is 4.22. The van der Waals surface area contributed by atoms with Crippen LogP contribution in [-0.4, -0.2) is 4.98 Å². The van der Waals surface area contributed by atoms with Crippen LogP contribution in [0.2, 0.25) is 5.02 Å². The molecule has 0 spiro atoms. The Hall–Kier alpha value is -0.670. The second kappa shape index (κ2) is 3.24. The van der Waals surface area contributed by atoms with Gasteiger partial charge in [-0.15, -0.1) is 11.3 Å². The van der Waals surface area contributed by atoms with Crippen molar-refractivity contribution in [1.82, 2.24) is 4.98 Å². The van der Waals surface area contributed by atoms with E-state index in [4.69, 9.17) is 11.6 Å². The van der Waals surface area contributed by atoms with E-state index < -0.39 is 0 Å². The normalized spacial score (nSPS) is 11.0. The van der Waals surface area contributed by atoms with E-state index in [1.165, 1.54) is 17.4 Å². The maximum atomic E-state index is 13.0. The second-order valence-electron chi connectivity index (χ2n) is 2.70. The lowest BCUT2D eigenvalue weighted by Crippen LogP contribution is -1.77. The highest BCUT2D eigenvalue weighted by atomic mass is 35.5. The molecular weight excluding hydrogens is 209 g/mol. The average molecular weight is 216 g/mol. The van der Waals surface area contributed by atoms with Crippen molar-refractivity contribution in [2.24, 2.45) is 0 Å². The molecule has 0 aliphatic heterocycles. The summed E-state index contributed by atoms with van der Waals surface area (Å²) in [7, 11) is 0. The smallest absolute Gasteiger partial charge is 0.143 e. The van der Waals surface area contributed by atoms with E-state index in [0.29, 0.717) is 0 Å². The fourth-order valence-electron chi connectivity index (χ4n) is 1.12. The van der Waals surface area contributed by atoms with Gasteiger partial charge in [-0.2, -0.15) is 0 Å². The number of hydrogen-bond acceptors (Lipinski definition) is 2. The molecular formula is C9H7ClFNS. The van der Waals surface area contributed by atoms with Crippen molar-refractivity contribution in [3.63, 3.8) is 0 Å². The van der Waals surface area contributed by atoms with Gasteiger partial charge < -0.3 is 0 Å². The molecule has 0 fully saturated rings. The summed E-state index contributed by atoms with van der Waals surface area (Å²) in [6.45, 7) is 2.02. The van der Waals surface area contributed by atoms with E-state index in [-0.39, 0.29) is 10.8 Å². The maximum absolute atomic E-state index is 13.0. The van der Waals surface area contributed by atoms with Crippen LogP contribution in [0.15, 0.2) is 12.1 Å². The number of aromatic nitrogens is 1. The third kappa shape index (κ3) is 1.54. The van der Waals surface area contributed by atoms with Gasteiger partial charge in [-0.05, 0) is 18.6 Å². The van der Waals surface area contributed by atoms with Gasteiger partial charge in [0.2, 0.25) is 0 Å². The number of aryl methyl sites for hydroxylation is 1. The molecule has 0 aliphatic carbocycles. The van der Waals surface area contributed by atoms with Crippen LogP contribution in [0.1, 0.15) is 11.9 Å². The first-order chi connectivity index (χ1) is 6.20. The van der Waals surface area contributed by atoms with E-state index in [2.05, 4.69) is 4.98 Å². The Bertz CT molecular complexity index is 413. The zero-order valence-corrected chi connectivity index (χ0v) is 8.55. The molecule has 1 aromatic carbocycles. The zero-order valence-electron chi connectivity index (χ0n) is 6.97.